The van der Waals surface area contributed by atoms with Crippen LogP contribution in [0.3, 0.4) is 0 Å². The zero-order valence-corrected chi connectivity index (χ0v) is 8.78. The first-order chi connectivity index (χ1) is 8.00. The minimum Gasteiger partial charge on any atom is -0.326 e. The van der Waals surface area contributed by atoms with Crippen LogP contribution in [0.4, 0.5) is 13.2 Å². The maximum atomic E-state index is 12.4. The molecule has 1 aromatic carbocycles. The third-order valence-corrected chi connectivity index (χ3v) is 2.35. The quantitative estimate of drug-likeness (QED) is 0.877. The third-order valence-electron chi connectivity index (χ3n) is 2.35. The molecule has 2 N–H and O–H groups in total. The highest BCUT2D eigenvalue weighted by Gasteiger charge is 2.32. The van der Waals surface area contributed by atoms with Crippen LogP contribution >= 0.6 is 0 Å². The first-order valence-electron chi connectivity index (χ1n) is 4.92. The third kappa shape index (κ3) is 2.47. The first-order valence-corrected chi connectivity index (χ1v) is 4.92. The molecule has 0 aliphatic rings. The Hall–Kier alpha value is -1.82. The molecule has 0 amide bonds. The van der Waals surface area contributed by atoms with Gasteiger partial charge in [-0.15, -0.1) is 0 Å². The molecule has 0 saturated heterocycles. The summed E-state index contributed by atoms with van der Waals surface area (Å²) in [7, 11) is 0. The van der Waals surface area contributed by atoms with Crippen molar-refractivity contribution in [3.63, 3.8) is 0 Å². The average molecular weight is 241 g/mol. The van der Waals surface area contributed by atoms with Gasteiger partial charge in [0, 0.05) is 12.7 Å². The van der Waals surface area contributed by atoms with E-state index in [9.17, 15) is 13.2 Å². The van der Waals surface area contributed by atoms with Crippen molar-refractivity contribution in [2.75, 3.05) is 0 Å². The van der Waals surface area contributed by atoms with Crippen LogP contribution in [0.15, 0.2) is 36.7 Å². The van der Waals surface area contributed by atoms with Gasteiger partial charge in [-0.3, -0.25) is 0 Å². The summed E-state index contributed by atoms with van der Waals surface area (Å²) in [5, 5.41) is 3.67. The zero-order chi connectivity index (χ0) is 12.5. The number of nitrogens with two attached hydrogens (primary N) is 1. The number of halogens is 3. The molecule has 0 radical (unpaired) electrons. The average Bonchev–Trinajstić information content (AvgIpc) is 2.78. The van der Waals surface area contributed by atoms with E-state index in [0.29, 0.717) is 12.2 Å². The largest absolute Gasteiger partial charge is 0.419 e. The van der Waals surface area contributed by atoms with E-state index in [2.05, 4.69) is 5.10 Å². The van der Waals surface area contributed by atoms with E-state index in [4.69, 9.17) is 5.73 Å². The van der Waals surface area contributed by atoms with Crippen molar-refractivity contribution >= 4 is 0 Å². The molecule has 2 rings (SSSR count). The van der Waals surface area contributed by atoms with Crippen LogP contribution in [0.5, 0.6) is 0 Å². The lowest BCUT2D eigenvalue weighted by atomic mass is 10.2. The number of benzene rings is 1. The SMILES string of the molecule is NCc1ccc(-n2cc(C(F)(F)F)cn2)cc1. The van der Waals surface area contributed by atoms with Gasteiger partial charge in [0.05, 0.1) is 17.4 Å². The van der Waals surface area contributed by atoms with Crippen LogP contribution < -0.4 is 5.73 Å². The van der Waals surface area contributed by atoms with E-state index in [0.717, 1.165) is 18.0 Å². The van der Waals surface area contributed by atoms with Gasteiger partial charge in [-0.05, 0) is 17.7 Å². The van der Waals surface area contributed by atoms with Crippen LogP contribution in [0.2, 0.25) is 0 Å². The van der Waals surface area contributed by atoms with Gasteiger partial charge in [-0.2, -0.15) is 18.3 Å². The first kappa shape index (κ1) is 11.7. The molecule has 1 aromatic heterocycles. The molecule has 6 heteroatoms. The normalized spacial score (nSPS) is 11.8. The lowest BCUT2D eigenvalue weighted by molar-refractivity contribution is -0.137. The van der Waals surface area contributed by atoms with Gasteiger partial charge in [0.2, 0.25) is 0 Å². The predicted octanol–water partition coefficient (Wildman–Crippen LogP) is 2.35. The monoisotopic (exact) mass is 241 g/mol. The van der Waals surface area contributed by atoms with Crippen molar-refractivity contribution in [3.8, 4) is 5.69 Å². The smallest absolute Gasteiger partial charge is 0.326 e. The van der Waals surface area contributed by atoms with Crippen LogP contribution in [0.25, 0.3) is 5.69 Å². The Bertz CT molecular complexity index is 499. The summed E-state index contributed by atoms with van der Waals surface area (Å²) in [6, 6.07) is 6.86. The van der Waals surface area contributed by atoms with E-state index in [1.165, 1.54) is 4.68 Å². The number of nitrogens with zero attached hydrogens (tertiary/aromatic N) is 2. The van der Waals surface area contributed by atoms with E-state index in [1.54, 1.807) is 24.3 Å². The van der Waals surface area contributed by atoms with Gasteiger partial charge in [-0.25, -0.2) is 4.68 Å². The molecule has 90 valence electrons. The second-order valence-corrected chi connectivity index (χ2v) is 3.54. The maximum absolute atomic E-state index is 12.4. The van der Waals surface area contributed by atoms with E-state index >= 15 is 0 Å². The summed E-state index contributed by atoms with van der Waals surface area (Å²) in [4.78, 5) is 0. The molecule has 0 spiro atoms. The van der Waals surface area contributed by atoms with Gasteiger partial charge in [0.1, 0.15) is 0 Å². The molecule has 2 aromatic rings. The van der Waals surface area contributed by atoms with E-state index in [1.807, 2.05) is 0 Å². The fraction of sp³-hybridized carbons (Fsp3) is 0.182. The number of aromatic nitrogens is 2. The Labute approximate surface area is 95.7 Å². The lowest BCUT2D eigenvalue weighted by Crippen LogP contribution is -2.03. The molecule has 0 aliphatic carbocycles. The number of alkyl halides is 3. The summed E-state index contributed by atoms with van der Waals surface area (Å²) in [5.41, 5.74) is 6.15. The summed E-state index contributed by atoms with van der Waals surface area (Å²) in [6.07, 6.45) is -2.61. The van der Waals surface area contributed by atoms with Crippen molar-refractivity contribution < 1.29 is 13.2 Å². The highest BCUT2D eigenvalue weighted by molar-refractivity contribution is 5.34. The van der Waals surface area contributed by atoms with Gasteiger partial charge in [0.15, 0.2) is 0 Å². The molecule has 3 nitrogen and oxygen atoms in total. The fourth-order valence-corrected chi connectivity index (χ4v) is 1.40. The molecular weight excluding hydrogens is 231 g/mol. The molecule has 17 heavy (non-hydrogen) atoms. The summed E-state index contributed by atoms with van der Waals surface area (Å²) >= 11 is 0. The predicted molar refractivity (Wildman–Crippen MR) is 56.5 cm³/mol. The number of hydrogen-bond acceptors (Lipinski definition) is 2. The van der Waals surface area contributed by atoms with Crippen LogP contribution in [0, 0.1) is 0 Å². The van der Waals surface area contributed by atoms with Crippen molar-refractivity contribution in [1.29, 1.82) is 0 Å². The molecule has 0 bridgehead atoms. The van der Waals surface area contributed by atoms with Crippen molar-refractivity contribution in [2.24, 2.45) is 5.73 Å². The number of rotatable bonds is 2. The highest BCUT2D eigenvalue weighted by atomic mass is 19.4. The zero-order valence-electron chi connectivity index (χ0n) is 8.78. The van der Waals surface area contributed by atoms with Gasteiger partial charge in [-0.1, -0.05) is 12.1 Å². The minimum absolute atomic E-state index is 0.396. The molecular formula is C11H10F3N3. The van der Waals surface area contributed by atoms with Crippen LogP contribution in [0.1, 0.15) is 11.1 Å². The molecule has 0 fully saturated rings. The Morgan fingerprint density at radius 1 is 1.18 bits per heavy atom. The Morgan fingerprint density at radius 3 is 2.29 bits per heavy atom. The second-order valence-electron chi connectivity index (χ2n) is 3.54. The number of hydrogen-bond donors (Lipinski definition) is 1. The topological polar surface area (TPSA) is 43.8 Å². The fourth-order valence-electron chi connectivity index (χ4n) is 1.40. The van der Waals surface area contributed by atoms with Crippen molar-refractivity contribution in [3.05, 3.63) is 47.8 Å². The molecule has 0 atom stereocenters. The highest BCUT2D eigenvalue weighted by Crippen LogP contribution is 2.29. The minimum atomic E-state index is -4.37. The Morgan fingerprint density at radius 2 is 1.82 bits per heavy atom. The molecule has 0 saturated carbocycles. The van der Waals surface area contributed by atoms with Gasteiger partial charge in [0.25, 0.3) is 0 Å². The van der Waals surface area contributed by atoms with Gasteiger partial charge < -0.3 is 5.73 Å². The molecule has 0 unspecified atom stereocenters. The lowest BCUT2D eigenvalue weighted by Gasteiger charge is -2.03. The van der Waals surface area contributed by atoms with E-state index in [-0.39, 0.29) is 0 Å². The van der Waals surface area contributed by atoms with Crippen LogP contribution in [-0.2, 0) is 12.7 Å². The van der Waals surface area contributed by atoms with E-state index < -0.39 is 11.7 Å². The second kappa shape index (κ2) is 4.21. The maximum Gasteiger partial charge on any atom is 0.419 e. The van der Waals surface area contributed by atoms with Gasteiger partial charge >= 0.3 is 6.18 Å². The summed E-state index contributed by atoms with van der Waals surface area (Å²) in [5.74, 6) is 0. The summed E-state index contributed by atoms with van der Waals surface area (Å²) in [6.45, 7) is 0.396. The standard InChI is InChI=1S/C11H10F3N3/c12-11(13,14)9-6-16-17(7-9)10-3-1-8(5-15)2-4-10/h1-4,6-7H,5,15H2. The Balaban J connectivity index is 2.30. The van der Waals surface area contributed by atoms with Crippen LogP contribution in [-0.4, -0.2) is 9.78 Å². The Kier molecular flexibility index (Phi) is 2.89. The molecule has 0 aliphatic heterocycles. The summed E-state index contributed by atoms with van der Waals surface area (Å²) < 4.78 is 38.3. The van der Waals surface area contributed by atoms with Crippen molar-refractivity contribution in [2.45, 2.75) is 12.7 Å². The molecule has 1 heterocycles. The van der Waals surface area contributed by atoms with Crippen molar-refractivity contribution in [1.82, 2.24) is 9.78 Å².